The molecular weight excluding hydrogens is 248 g/mol. The summed E-state index contributed by atoms with van der Waals surface area (Å²) in [6, 6.07) is 10.9. The van der Waals surface area contributed by atoms with Crippen LogP contribution in [0, 0.1) is 5.92 Å². The van der Waals surface area contributed by atoms with Crippen LogP contribution in [-0.4, -0.2) is 25.2 Å². The van der Waals surface area contributed by atoms with E-state index in [9.17, 15) is 0 Å². The Labute approximate surface area is 120 Å². The topological polar surface area (TPSA) is 34.1 Å². The van der Waals surface area contributed by atoms with E-state index in [1.54, 1.807) is 0 Å². The first kappa shape index (κ1) is 13.5. The van der Waals surface area contributed by atoms with E-state index in [2.05, 4.69) is 40.6 Å². The highest BCUT2D eigenvalue weighted by Gasteiger charge is 2.21. The molecule has 3 heteroatoms. The summed E-state index contributed by atoms with van der Waals surface area (Å²) >= 11 is 0. The molecule has 1 N–H and O–H groups in total. The Morgan fingerprint density at radius 3 is 2.85 bits per heavy atom. The minimum atomic E-state index is 0.323. The first-order valence-electron chi connectivity index (χ1n) is 7.47. The largest absolute Gasteiger partial charge is 0.381 e. The zero-order valence-electron chi connectivity index (χ0n) is 12.0. The minimum absolute atomic E-state index is 0.323. The molecule has 3 nitrogen and oxygen atoms in total. The molecule has 1 atom stereocenters. The van der Waals surface area contributed by atoms with Gasteiger partial charge in [-0.25, -0.2) is 0 Å². The molecule has 0 spiro atoms. The van der Waals surface area contributed by atoms with Gasteiger partial charge < -0.3 is 10.1 Å². The molecule has 20 heavy (non-hydrogen) atoms. The summed E-state index contributed by atoms with van der Waals surface area (Å²) in [7, 11) is 2.04. The lowest BCUT2D eigenvalue weighted by Crippen LogP contribution is -2.24. The highest BCUT2D eigenvalue weighted by Crippen LogP contribution is 2.30. The second kappa shape index (κ2) is 6.33. The summed E-state index contributed by atoms with van der Waals surface area (Å²) in [5.41, 5.74) is 1.18. The molecule has 3 rings (SSSR count). The predicted octanol–water partition coefficient (Wildman–Crippen LogP) is 3.31. The molecule has 1 fully saturated rings. The fourth-order valence-electron chi connectivity index (χ4n) is 3.10. The van der Waals surface area contributed by atoms with Crippen molar-refractivity contribution in [2.75, 3.05) is 20.3 Å². The van der Waals surface area contributed by atoms with Gasteiger partial charge >= 0.3 is 0 Å². The van der Waals surface area contributed by atoms with E-state index in [-0.39, 0.29) is 0 Å². The van der Waals surface area contributed by atoms with Crippen molar-refractivity contribution in [3.05, 3.63) is 42.2 Å². The number of fused-ring (bicyclic) bond motifs is 1. The maximum absolute atomic E-state index is 5.45. The van der Waals surface area contributed by atoms with Crippen molar-refractivity contribution in [1.82, 2.24) is 10.3 Å². The highest BCUT2D eigenvalue weighted by atomic mass is 16.5. The number of nitrogens with one attached hydrogen (secondary N) is 1. The maximum Gasteiger partial charge on any atom is 0.0651 e. The number of rotatable bonds is 4. The van der Waals surface area contributed by atoms with Gasteiger partial charge in [0.2, 0.25) is 0 Å². The summed E-state index contributed by atoms with van der Waals surface area (Å²) in [5.74, 6) is 0.738. The molecule has 0 aliphatic carbocycles. The second-order valence-corrected chi connectivity index (χ2v) is 5.55. The predicted molar refractivity (Wildman–Crippen MR) is 81.7 cm³/mol. The van der Waals surface area contributed by atoms with Crippen molar-refractivity contribution in [2.45, 2.75) is 25.3 Å². The minimum Gasteiger partial charge on any atom is -0.381 e. The Morgan fingerprint density at radius 1 is 1.25 bits per heavy atom. The fourth-order valence-corrected chi connectivity index (χ4v) is 3.10. The first-order chi connectivity index (χ1) is 9.88. The van der Waals surface area contributed by atoms with Crippen LogP contribution >= 0.6 is 0 Å². The van der Waals surface area contributed by atoms with Crippen LogP contribution in [0.2, 0.25) is 0 Å². The van der Waals surface area contributed by atoms with Crippen molar-refractivity contribution in [3.8, 4) is 0 Å². The van der Waals surface area contributed by atoms with Crippen LogP contribution in [0.1, 0.15) is 31.0 Å². The summed E-state index contributed by atoms with van der Waals surface area (Å²) in [5, 5.41) is 5.99. The molecule has 0 amide bonds. The zero-order chi connectivity index (χ0) is 13.8. The van der Waals surface area contributed by atoms with E-state index >= 15 is 0 Å². The number of nitrogens with zero attached hydrogens (tertiary/aromatic N) is 1. The Hall–Kier alpha value is -1.45. The molecule has 2 aromatic rings. The molecule has 1 aromatic heterocycles. The fraction of sp³-hybridized carbons (Fsp3) is 0.471. The Kier molecular flexibility index (Phi) is 4.28. The number of hydrogen-bond acceptors (Lipinski definition) is 3. The van der Waals surface area contributed by atoms with Crippen molar-refractivity contribution >= 4 is 10.8 Å². The van der Waals surface area contributed by atoms with Gasteiger partial charge in [-0.3, -0.25) is 4.98 Å². The molecule has 1 aliphatic heterocycles. The van der Waals surface area contributed by atoms with Crippen molar-refractivity contribution in [2.24, 2.45) is 5.92 Å². The SMILES string of the molecule is CNC(CC1CCOCC1)c1nccc2ccccc12. The second-order valence-electron chi connectivity index (χ2n) is 5.55. The van der Waals surface area contributed by atoms with Crippen LogP contribution in [0.15, 0.2) is 36.5 Å². The average molecular weight is 270 g/mol. The van der Waals surface area contributed by atoms with Crippen LogP contribution in [0.5, 0.6) is 0 Å². The molecule has 0 radical (unpaired) electrons. The van der Waals surface area contributed by atoms with E-state index in [0.717, 1.165) is 25.6 Å². The van der Waals surface area contributed by atoms with Crippen LogP contribution in [0.25, 0.3) is 10.8 Å². The van der Waals surface area contributed by atoms with E-state index in [0.29, 0.717) is 6.04 Å². The smallest absolute Gasteiger partial charge is 0.0651 e. The lowest BCUT2D eigenvalue weighted by molar-refractivity contribution is 0.0607. The highest BCUT2D eigenvalue weighted by molar-refractivity contribution is 5.84. The van der Waals surface area contributed by atoms with Crippen LogP contribution < -0.4 is 5.32 Å². The summed E-state index contributed by atoms with van der Waals surface area (Å²) in [4.78, 5) is 4.65. The standard InChI is InChI=1S/C17H22N2O/c1-18-16(12-13-7-10-20-11-8-13)17-15-5-3-2-4-14(15)6-9-19-17/h2-6,9,13,16,18H,7-8,10-12H2,1H3. The number of ether oxygens (including phenoxy) is 1. The van der Waals surface area contributed by atoms with Crippen molar-refractivity contribution in [1.29, 1.82) is 0 Å². The number of aromatic nitrogens is 1. The van der Waals surface area contributed by atoms with Gasteiger partial charge in [-0.2, -0.15) is 0 Å². The molecule has 0 saturated carbocycles. The van der Waals surface area contributed by atoms with E-state index in [1.807, 2.05) is 13.2 Å². The maximum atomic E-state index is 5.45. The summed E-state index contributed by atoms with van der Waals surface area (Å²) in [6.07, 6.45) is 5.40. The molecule has 0 bridgehead atoms. The van der Waals surface area contributed by atoms with E-state index in [1.165, 1.54) is 29.3 Å². The zero-order valence-corrected chi connectivity index (χ0v) is 12.0. The average Bonchev–Trinajstić information content (AvgIpc) is 2.53. The van der Waals surface area contributed by atoms with Gasteiger partial charge in [0, 0.05) is 24.8 Å². The number of pyridine rings is 1. The van der Waals surface area contributed by atoms with Gasteiger partial charge in [-0.1, -0.05) is 24.3 Å². The van der Waals surface area contributed by atoms with Gasteiger partial charge in [0.1, 0.15) is 0 Å². The van der Waals surface area contributed by atoms with Gasteiger partial charge in [0.05, 0.1) is 11.7 Å². The molecule has 106 valence electrons. The molecule has 1 aliphatic rings. The summed E-state index contributed by atoms with van der Waals surface area (Å²) in [6.45, 7) is 1.81. The molecule has 1 saturated heterocycles. The normalized spacial score (nSPS) is 18.2. The Morgan fingerprint density at radius 2 is 2.05 bits per heavy atom. The summed E-state index contributed by atoms with van der Waals surface area (Å²) < 4.78 is 5.45. The van der Waals surface area contributed by atoms with Gasteiger partial charge in [-0.05, 0) is 43.7 Å². The first-order valence-corrected chi connectivity index (χ1v) is 7.47. The van der Waals surface area contributed by atoms with Crippen LogP contribution in [-0.2, 0) is 4.74 Å². The van der Waals surface area contributed by atoms with Gasteiger partial charge in [-0.15, -0.1) is 0 Å². The monoisotopic (exact) mass is 270 g/mol. The van der Waals surface area contributed by atoms with E-state index < -0.39 is 0 Å². The molecule has 1 unspecified atom stereocenters. The number of hydrogen-bond donors (Lipinski definition) is 1. The lowest BCUT2D eigenvalue weighted by atomic mass is 9.90. The van der Waals surface area contributed by atoms with Crippen molar-refractivity contribution < 1.29 is 4.74 Å². The third-order valence-electron chi connectivity index (χ3n) is 4.29. The van der Waals surface area contributed by atoms with Gasteiger partial charge in [0.15, 0.2) is 0 Å². The molecule has 2 heterocycles. The molecule has 1 aromatic carbocycles. The van der Waals surface area contributed by atoms with E-state index in [4.69, 9.17) is 4.74 Å². The number of benzene rings is 1. The Balaban J connectivity index is 1.86. The Bertz CT molecular complexity index is 558. The molecular formula is C17H22N2O. The van der Waals surface area contributed by atoms with Gasteiger partial charge in [0.25, 0.3) is 0 Å². The third kappa shape index (κ3) is 2.84. The van der Waals surface area contributed by atoms with Crippen molar-refractivity contribution in [3.63, 3.8) is 0 Å². The lowest BCUT2D eigenvalue weighted by Gasteiger charge is -2.26. The quantitative estimate of drug-likeness (QED) is 0.925. The van der Waals surface area contributed by atoms with Crippen LogP contribution in [0.4, 0.5) is 0 Å². The third-order valence-corrected chi connectivity index (χ3v) is 4.29. The van der Waals surface area contributed by atoms with Crippen LogP contribution in [0.3, 0.4) is 0 Å².